The first-order chi connectivity index (χ1) is 9.99. The van der Waals surface area contributed by atoms with Crippen molar-refractivity contribution in [2.75, 3.05) is 6.61 Å². The highest BCUT2D eigenvalue weighted by Crippen LogP contribution is 2.50. The molecule has 1 fully saturated rings. The number of hydrogen-bond acceptors (Lipinski definition) is 2. The van der Waals surface area contributed by atoms with Crippen LogP contribution in [0.3, 0.4) is 0 Å². The van der Waals surface area contributed by atoms with Crippen LogP contribution in [0.4, 0.5) is 0 Å². The van der Waals surface area contributed by atoms with E-state index in [4.69, 9.17) is 8.85 Å². The lowest BCUT2D eigenvalue weighted by Gasteiger charge is -2.42. The molecule has 2 nitrogen and oxygen atoms in total. The predicted molar refractivity (Wildman–Crippen MR) is 116 cm³/mol. The molecule has 0 radical (unpaired) electrons. The average Bonchev–Trinajstić information content (AvgIpc) is 3.00. The number of halogens is 1. The van der Waals surface area contributed by atoms with E-state index in [0.717, 1.165) is 13.0 Å². The molecule has 1 aliphatic carbocycles. The van der Waals surface area contributed by atoms with Crippen LogP contribution in [0, 0.1) is 0 Å². The van der Waals surface area contributed by atoms with Gasteiger partial charge in [-0.05, 0) is 55.5 Å². The Bertz CT molecular complexity index is 404. The van der Waals surface area contributed by atoms with E-state index in [-0.39, 0.29) is 16.2 Å². The fourth-order valence-corrected chi connectivity index (χ4v) is 5.13. The third-order valence-electron chi connectivity index (χ3n) is 6.09. The van der Waals surface area contributed by atoms with E-state index in [1.807, 2.05) is 0 Å². The van der Waals surface area contributed by atoms with Gasteiger partial charge in [-0.25, -0.2) is 0 Å². The van der Waals surface area contributed by atoms with Crippen LogP contribution >= 0.6 is 22.6 Å². The maximum absolute atomic E-state index is 6.76. The molecule has 1 aliphatic rings. The first-order valence-corrected chi connectivity index (χ1v) is 15.9. The Hall–Kier alpha value is 1.08. The lowest BCUT2D eigenvalue weighted by molar-refractivity contribution is 0.0996. The molecule has 0 amide bonds. The van der Waals surface area contributed by atoms with Crippen molar-refractivity contribution >= 4 is 39.2 Å². The molecule has 0 unspecified atom stereocenters. The minimum Gasteiger partial charge on any atom is -0.414 e. The Morgan fingerprint density at radius 1 is 0.913 bits per heavy atom. The Balaban J connectivity index is 2.78. The van der Waals surface area contributed by atoms with Crippen LogP contribution in [-0.2, 0) is 8.85 Å². The van der Waals surface area contributed by atoms with Crippen molar-refractivity contribution in [3.8, 4) is 0 Å². The van der Waals surface area contributed by atoms with Gasteiger partial charge in [0.25, 0.3) is 0 Å². The van der Waals surface area contributed by atoms with Crippen molar-refractivity contribution in [3.63, 3.8) is 0 Å². The largest absolute Gasteiger partial charge is 0.414 e. The second kappa shape index (κ2) is 7.01. The second-order valence-corrected chi connectivity index (χ2v) is 22.3. The summed E-state index contributed by atoms with van der Waals surface area (Å²) in [7, 11) is -3.46. The van der Waals surface area contributed by atoms with Crippen LogP contribution in [0.2, 0.25) is 36.3 Å². The molecule has 0 aliphatic heterocycles. The molecule has 0 aromatic heterocycles. The van der Waals surface area contributed by atoms with Gasteiger partial charge in [-0.1, -0.05) is 64.1 Å². The van der Waals surface area contributed by atoms with E-state index in [2.05, 4.69) is 90.3 Å². The summed E-state index contributed by atoms with van der Waals surface area (Å²) in [5.41, 5.74) is 0. The van der Waals surface area contributed by atoms with Crippen LogP contribution < -0.4 is 0 Å². The van der Waals surface area contributed by atoms with Gasteiger partial charge in [-0.15, -0.1) is 0 Å². The van der Waals surface area contributed by atoms with Crippen LogP contribution in [0.1, 0.15) is 60.8 Å². The van der Waals surface area contributed by atoms with Gasteiger partial charge in [0.1, 0.15) is 0 Å². The summed E-state index contributed by atoms with van der Waals surface area (Å²) in [5.74, 6) is 0. The summed E-state index contributed by atoms with van der Waals surface area (Å²) < 4.78 is 13.8. The quantitative estimate of drug-likeness (QED) is 0.233. The van der Waals surface area contributed by atoms with Crippen molar-refractivity contribution < 1.29 is 8.85 Å². The van der Waals surface area contributed by atoms with Gasteiger partial charge in [0, 0.05) is 3.42 Å². The van der Waals surface area contributed by atoms with Crippen molar-refractivity contribution in [2.45, 2.75) is 107 Å². The molecular formula is C18H39IO2Si2. The zero-order valence-electron chi connectivity index (χ0n) is 17.1. The zero-order chi connectivity index (χ0) is 18.3. The standard InChI is InChI=1S/C18H39IO2Si2/c1-16(2,3)22(7,8)20-14-15(13-18(19)11-12-18)21-23(9,10)17(4,5)6/h15H,11-14H2,1-10H3/t15-/m0/s1. The van der Waals surface area contributed by atoms with Gasteiger partial charge < -0.3 is 8.85 Å². The highest BCUT2D eigenvalue weighted by atomic mass is 127. The maximum atomic E-state index is 6.76. The zero-order valence-corrected chi connectivity index (χ0v) is 21.3. The van der Waals surface area contributed by atoms with Crippen LogP contribution in [0.5, 0.6) is 0 Å². The number of rotatable bonds is 7. The normalized spacial score (nSPS) is 20.5. The Kier molecular flexibility index (Phi) is 6.74. The smallest absolute Gasteiger partial charge is 0.192 e. The summed E-state index contributed by atoms with van der Waals surface area (Å²) in [5, 5.41) is 0.514. The molecule has 1 rings (SSSR count). The van der Waals surface area contributed by atoms with E-state index in [1.54, 1.807) is 0 Å². The fraction of sp³-hybridized carbons (Fsp3) is 1.00. The summed E-state index contributed by atoms with van der Waals surface area (Å²) in [6.45, 7) is 24.1. The topological polar surface area (TPSA) is 18.5 Å². The molecule has 1 saturated carbocycles. The third kappa shape index (κ3) is 6.39. The van der Waals surface area contributed by atoms with Gasteiger partial charge in [-0.3, -0.25) is 0 Å². The van der Waals surface area contributed by atoms with Crippen molar-refractivity contribution in [2.24, 2.45) is 0 Å². The maximum Gasteiger partial charge on any atom is 0.192 e. The molecule has 0 aromatic carbocycles. The lowest BCUT2D eigenvalue weighted by atomic mass is 10.2. The monoisotopic (exact) mass is 470 g/mol. The third-order valence-corrected chi connectivity index (χ3v) is 16.6. The molecule has 0 aromatic rings. The highest BCUT2D eigenvalue weighted by Gasteiger charge is 2.46. The fourth-order valence-electron chi connectivity index (χ4n) is 1.99. The van der Waals surface area contributed by atoms with E-state index in [0.29, 0.717) is 3.42 Å². The molecular weight excluding hydrogens is 431 g/mol. The van der Waals surface area contributed by atoms with E-state index < -0.39 is 16.6 Å². The van der Waals surface area contributed by atoms with Gasteiger partial charge in [-0.2, -0.15) is 0 Å². The van der Waals surface area contributed by atoms with Gasteiger partial charge in [0.15, 0.2) is 16.6 Å². The molecule has 0 bridgehead atoms. The Morgan fingerprint density at radius 3 is 1.70 bits per heavy atom. The summed E-state index contributed by atoms with van der Waals surface area (Å²) in [6.07, 6.45) is 4.08. The minimum absolute atomic E-state index is 0.254. The molecule has 138 valence electrons. The van der Waals surface area contributed by atoms with E-state index in [1.165, 1.54) is 12.8 Å². The number of hydrogen-bond donors (Lipinski definition) is 0. The van der Waals surface area contributed by atoms with Crippen LogP contribution in [-0.4, -0.2) is 32.8 Å². The van der Waals surface area contributed by atoms with Crippen molar-refractivity contribution in [1.29, 1.82) is 0 Å². The van der Waals surface area contributed by atoms with Crippen molar-refractivity contribution in [1.82, 2.24) is 0 Å². The van der Waals surface area contributed by atoms with Gasteiger partial charge >= 0.3 is 0 Å². The predicted octanol–water partition coefficient (Wildman–Crippen LogP) is 6.76. The Morgan fingerprint density at radius 2 is 1.35 bits per heavy atom. The first kappa shape index (κ1) is 22.1. The molecule has 1 atom stereocenters. The SMILES string of the molecule is CC(C)(C)[Si](C)(C)OC[C@H](CC1(I)CC1)O[Si](C)(C)C(C)(C)C. The highest BCUT2D eigenvalue weighted by molar-refractivity contribution is 14.1. The second-order valence-electron chi connectivity index (χ2n) is 10.4. The molecule has 0 spiro atoms. The van der Waals surface area contributed by atoms with Crippen LogP contribution in [0.15, 0.2) is 0 Å². The first-order valence-electron chi connectivity index (χ1n) is 9.00. The summed E-state index contributed by atoms with van der Waals surface area (Å²) in [4.78, 5) is 0. The van der Waals surface area contributed by atoms with E-state index >= 15 is 0 Å². The number of alkyl halides is 1. The van der Waals surface area contributed by atoms with Gasteiger partial charge in [0.05, 0.1) is 12.7 Å². The summed E-state index contributed by atoms with van der Waals surface area (Å²) >= 11 is 2.64. The minimum atomic E-state index is -1.75. The molecule has 23 heavy (non-hydrogen) atoms. The molecule has 0 N–H and O–H groups in total. The average molecular weight is 471 g/mol. The molecule has 0 saturated heterocycles. The van der Waals surface area contributed by atoms with Crippen LogP contribution in [0.25, 0.3) is 0 Å². The Labute approximate surface area is 160 Å². The van der Waals surface area contributed by atoms with Gasteiger partial charge in [0.2, 0.25) is 0 Å². The summed E-state index contributed by atoms with van der Waals surface area (Å²) in [6, 6.07) is 0. The van der Waals surface area contributed by atoms with Crippen molar-refractivity contribution in [3.05, 3.63) is 0 Å². The van der Waals surface area contributed by atoms with E-state index in [9.17, 15) is 0 Å². The molecule has 0 heterocycles. The lowest BCUT2D eigenvalue weighted by Crippen LogP contribution is -2.48. The molecule has 5 heteroatoms.